The highest BCUT2D eigenvalue weighted by molar-refractivity contribution is 6.02. The van der Waals surface area contributed by atoms with Crippen molar-refractivity contribution < 1.29 is 9.53 Å². The van der Waals surface area contributed by atoms with Crippen LogP contribution in [0.15, 0.2) is 36.9 Å². The van der Waals surface area contributed by atoms with Crippen molar-refractivity contribution in [3.05, 3.63) is 42.5 Å². The van der Waals surface area contributed by atoms with Crippen LogP contribution in [0, 0.1) is 0 Å². The average Bonchev–Trinajstić information content (AvgIpc) is 3.09. The molecular formula is C19H21N5O2. The van der Waals surface area contributed by atoms with Crippen molar-refractivity contribution >= 4 is 11.4 Å². The molecule has 1 fully saturated rings. The van der Waals surface area contributed by atoms with Crippen LogP contribution >= 0.6 is 0 Å². The maximum atomic E-state index is 12.9. The molecular weight excluding hydrogens is 330 g/mol. The normalized spacial score (nSPS) is 15.1. The minimum atomic E-state index is -0.0727. The zero-order valence-corrected chi connectivity index (χ0v) is 14.7. The molecule has 1 aliphatic rings. The Morgan fingerprint density at radius 1 is 1.27 bits per heavy atom. The first kappa shape index (κ1) is 16.5. The van der Waals surface area contributed by atoms with E-state index in [-0.39, 0.29) is 11.9 Å². The van der Waals surface area contributed by atoms with Crippen molar-refractivity contribution in [1.82, 2.24) is 24.9 Å². The molecule has 3 aromatic heterocycles. The quantitative estimate of drug-likeness (QED) is 0.782. The summed E-state index contributed by atoms with van der Waals surface area (Å²) in [4.78, 5) is 21.1. The van der Waals surface area contributed by atoms with Gasteiger partial charge in [-0.05, 0) is 25.0 Å². The van der Waals surface area contributed by atoms with Gasteiger partial charge in [0.2, 0.25) is 5.88 Å². The number of amides is 1. The predicted molar refractivity (Wildman–Crippen MR) is 97.1 cm³/mol. The van der Waals surface area contributed by atoms with Crippen LogP contribution < -0.4 is 10.1 Å². The van der Waals surface area contributed by atoms with Crippen molar-refractivity contribution in [2.45, 2.75) is 38.1 Å². The van der Waals surface area contributed by atoms with Crippen molar-refractivity contribution in [3.63, 3.8) is 0 Å². The van der Waals surface area contributed by atoms with Crippen LogP contribution in [0.4, 0.5) is 0 Å². The van der Waals surface area contributed by atoms with Crippen LogP contribution in [-0.2, 0) is 0 Å². The number of rotatable bonds is 4. The van der Waals surface area contributed by atoms with Crippen LogP contribution in [0.25, 0.3) is 16.8 Å². The monoisotopic (exact) mass is 351 g/mol. The molecule has 0 aromatic carbocycles. The maximum Gasteiger partial charge on any atom is 0.253 e. The Morgan fingerprint density at radius 2 is 2.12 bits per heavy atom. The molecule has 0 radical (unpaired) electrons. The lowest BCUT2D eigenvalue weighted by atomic mass is 9.95. The van der Waals surface area contributed by atoms with Gasteiger partial charge >= 0.3 is 0 Å². The second-order valence-electron chi connectivity index (χ2n) is 6.54. The SMILES string of the molecule is COc1cc(-c2cc(C(=O)NC3CCCCC3)c3cncnn23)ccn1. The largest absolute Gasteiger partial charge is 0.481 e. The Morgan fingerprint density at radius 3 is 2.92 bits per heavy atom. The van der Waals surface area contributed by atoms with E-state index in [0.29, 0.717) is 17.0 Å². The van der Waals surface area contributed by atoms with Crippen molar-refractivity contribution in [2.75, 3.05) is 7.11 Å². The smallest absolute Gasteiger partial charge is 0.253 e. The highest BCUT2D eigenvalue weighted by Crippen LogP contribution is 2.27. The molecule has 7 heteroatoms. The van der Waals surface area contributed by atoms with E-state index in [0.717, 1.165) is 24.1 Å². The third-order valence-electron chi connectivity index (χ3n) is 4.87. The first-order valence-corrected chi connectivity index (χ1v) is 8.89. The summed E-state index contributed by atoms with van der Waals surface area (Å²) in [7, 11) is 1.58. The highest BCUT2D eigenvalue weighted by Gasteiger charge is 2.21. The molecule has 3 heterocycles. The Bertz CT molecular complexity index is 931. The van der Waals surface area contributed by atoms with E-state index in [9.17, 15) is 4.79 Å². The molecule has 3 aromatic rings. The van der Waals surface area contributed by atoms with E-state index in [1.807, 2.05) is 18.2 Å². The van der Waals surface area contributed by atoms with Gasteiger partial charge in [0.25, 0.3) is 5.91 Å². The van der Waals surface area contributed by atoms with E-state index < -0.39 is 0 Å². The minimum absolute atomic E-state index is 0.0727. The van der Waals surface area contributed by atoms with Gasteiger partial charge in [-0.3, -0.25) is 4.79 Å². The van der Waals surface area contributed by atoms with Gasteiger partial charge in [0.1, 0.15) is 6.33 Å². The lowest BCUT2D eigenvalue weighted by Gasteiger charge is -2.22. The number of ether oxygens (including phenoxy) is 1. The number of aromatic nitrogens is 4. The molecule has 0 atom stereocenters. The third-order valence-corrected chi connectivity index (χ3v) is 4.87. The fraction of sp³-hybridized carbons (Fsp3) is 0.368. The second-order valence-corrected chi connectivity index (χ2v) is 6.54. The van der Waals surface area contributed by atoms with Crippen molar-refractivity contribution in [3.8, 4) is 17.1 Å². The summed E-state index contributed by atoms with van der Waals surface area (Å²) in [6.45, 7) is 0. The van der Waals surface area contributed by atoms with Crippen LogP contribution in [0.5, 0.6) is 5.88 Å². The summed E-state index contributed by atoms with van der Waals surface area (Å²) in [6.07, 6.45) is 10.5. The van der Waals surface area contributed by atoms with E-state index in [2.05, 4.69) is 20.4 Å². The summed E-state index contributed by atoms with van der Waals surface area (Å²) >= 11 is 0. The number of nitrogens with zero attached hydrogens (tertiary/aromatic N) is 4. The zero-order valence-electron chi connectivity index (χ0n) is 14.7. The van der Waals surface area contributed by atoms with Crippen LogP contribution in [0.1, 0.15) is 42.5 Å². The Balaban J connectivity index is 1.72. The van der Waals surface area contributed by atoms with Crippen molar-refractivity contribution in [1.29, 1.82) is 0 Å². The minimum Gasteiger partial charge on any atom is -0.481 e. The van der Waals surface area contributed by atoms with Gasteiger partial charge in [-0.1, -0.05) is 19.3 Å². The van der Waals surface area contributed by atoms with Gasteiger partial charge in [0.15, 0.2) is 0 Å². The van der Waals surface area contributed by atoms with E-state index in [1.165, 1.54) is 25.6 Å². The number of methoxy groups -OCH3 is 1. The molecule has 0 unspecified atom stereocenters. The van der Waals surface area contributed by atoms with Crippen LogP contribution in [0.2, 0.25) is 0 Å². The average molecular weight is 351 g/mol. The fourth-order valence-corrected chi connectivity index (χ4v) is 3.53. The van der Waals surface area contributed by atoms with E-state index >= 15 is 0 Å². The number of carbonyl (C=O) groups excluding carboxylic acids is 1. The molecule has 1 N–H and O–H groups in total. The third kappa shape index (κ3) is 3.12. The van der Waals surface area contributed by atoms with Gasteiger partial charge in [-0.2, -0.15) is 5.10 Å². The highest BCUT2D eigenvalue weighted by atomic mass is 16.5. The summed E-state index contributed by atoms with van der Waals surface area (Å²) in [5, 5.41) is 7.50. The number of hydrogen-bond acceptors (Lipinski definition) is 5. The lowest BCUT2D eigenvalue weighted by Crippen LogP contribution is -2.36. The zero-order chi connectivity index (χ0) is 17.9. The molecule has 0 aliphatic heterocycles. The summed E-state index contributed by atoms with van der Waals surface area (Å²) < 4.78 is 6.94. The first-order chi connectivity index (χ1) is 12.8. The number of pyridine rings is 1. The van der Waals surface area contributed by atoms with Crippen molar-refractivity contribution in [2.24, 2.45) is 0 Å². The summed E-state index contributed by atoms with van der Waals surface area (Å²) in [5.74, 6) is 0.441. The van der Waals surface area contributed by atoms with Crippen LogP contribution in [0.3, 0.4) is 0 Å². The summed E-state index contributed by atoms with van der Waals surface area (Å²) in [6, 6.07) is 5.80. The Kier molecular flexibility index (Phi) is 4.51. The first-order valence-electron chi connectivity index (χ1n) is 8.89. The van der Waals surface area contributed by atoms with Gasteiger partial charge in [-0.15, -0.1) is 0 Å². The fourth-order valence-electron chi connectivity index (χ4n) is 3.53. The molecule has 26 heavy (non-hydrogen) atoms. The molecule has 0 spiro atoms. The standard InChI is InChI=1S/C19H21N5O2/c1-26-18-9-13(7-8-21-18)16-10-15(17-11-20-12-22-24(16)17)19(25)23-14-5-3-2-4-6-14/h7-12,14H,2-6H2,1H3,(H,23,25). The van der Waals surface area contributed by atoms with Gasteiger partial charge < -0.3 is 10.1 Å². The molecule has 1 amide bonds. The van der Waals surface area contributed by atoms with E-state index in [1.54, 1.807) is 24.0 Å². The topological polar surface area (TPSA) is 81.4 Å². The van der Waals surface area contributed by atoms with E-state index in [4.69, 9.17) is 4.74 Å². The second kappa shape index (κ2) is 7.11. The number of hydrogen-bond donors (Lipinski definition) is 1. The molecule has 7 nitrogen and oxygen atoms in total. The van der Waals surface area contributed by atoms with Gasteiger partial charge in [0.05, 0.1) is 30.1 Å². The maximum absolute atomic E-state index is 12.9. The molecule has 1 saturated carbocycles. The predicted octanol–water partition coefficient (Wildman–Crippen LogP) is 2.86. The lowest BCUT2D eigenvalue weighted by molar-refractivity contribution is 0.0929. The van der Waals surface area contributed by atoms with Crippen LogP contribution in [-0.4, -0.2) is 38.6 Å². The molecule has 0 bridgehead atoms. The molecule has 0 saturated heterocycles. The summed E-state index contributed by atoms with van der Waals surface area (Å²) in [5.41, 5.74) is 2.95. The van der Waals surface area contributed by atoms with Gasteiger partial charge in [-0.25, -0.2) is 14.5 Å². The van der Waals surface area contributed by atoms with Gasteiger partial charge in [0, 0.05) is 23.9 Å². The molecule has 4 rings (SSSR count). The Labute approximate surface area is 151 Å². The number of carbonyl (C=O) groups is 1. The Hall–Kier alpha value is -2.96. The molecule has 134 valence electrons. The molecule has 1 aliphatic carbocycles. The number of fused-ring (bicyclic) bond motifs is 1. The number of nitrogens with one attached hydrogen (secondary N) is 1.